The van der Waals surface area contributed by atoms with E-state index in [-0.39, 0.29) is 11.9 Å². The highest BCUT2D eigenvalue weighted by Crippen LogP contribution is 1.91. The Kier molecular flexibility index (Phi) is 19.9. The van der Waals surface area contributed by atoms with E-state index in [2.05, 4.69) is 6.92 Å². The first-order valence-electron chi connectivity index (χ1n) is 7.41. The predicted molar refractivity (Wildman–Crippen MR) is 80.1 cm³/mol. The molecule has 0 aliphatic rings. The molecule has 0 spiro atoms. The second kappa shape index (κ2) is 18.9. The summed E-state index contributed by atoms with van der Waals surface area (Å²) >= 11 is 0. The Morgan fingerprint density at radius 1 is 0.714 bits per heavy atom. The summed E-state index contributed by atoms with van der Waals surface area (Å²) in [5.41, 5.74) is 0. The fourth-order valence-corrected chi connectivity index (χ4v) is 1.06. The predicted octanol–water partition coefficient (Wildman–Crippen LogP) is 2.34. The second-order valence-corrected chi connectivity index (χ2v) is 4.28. The van der Waals surface area contributed by atoms with Crippen LogP contribution in [0.5, 0.6) is 0 Å². The van der Waals surface area contributed by atoms with E-state index in [9.17, 15) is 9.59 Å². The van der Waals surface area contributed by atoms with Crippen molar-refractivity contribution in [1.82, 2.24) is 0 Å². The number of carbonyl (C=O) groups excluding carboxylic acids is 2. The average molecular weight is 306 g/mol. The monoisotopic (exact) mass is 306 g/mol. The maximum Gasteiger partial charge on any atom is 0.308 e. The van der Waals surface area contributed by atoms with Crippen molar-refractivity contribution in [2.24, 2.45) is 0 Å². The Labute approximate surface area is 128 Å². The molecule has 0 aliphatic heterocycles. The molecule has 0 saturated heterocycles. The van der Waals surface area contributed by atoms with Crippen molar-refractivity contribution in [3.8, 4) is 0 Å². The molecule has 0 aromatic heterocycles. The summed E-state index contributed by atoms with van der Waals surface area (Å²) in [6.45, 7) is 5.97. The number of hydrogen-bond donors (Lipinski definition) is 0. The van der Waals surface area contributed by atoms with Crippen molar-refractivity contribution in [3.63, 3.8) is 0 Å². The molecule has 0 unspecified atom stereocenters. The van der Waals surface area contributed by atoms with Crippen LogP contribution in [-0.4, -0.2) is 52.6 Å². The zero-order valence-corrected chi connectivity index (χ0v) is 13.8. The molecule has 0 aromatic rings. The largest absolute Gasteiger partial charge is 0.466 e. The number of ether oxygens (including phenoxy) is 4. The normalized spacial score (nSPS) is 9.52. The molecule has 6 heteroatoms. The molecular weight excluding hydrogens is 276 g/mol. The van der Waals surface area contributed by atoms with E-state index >= 15 is 0 Å². The fraction of sp³-hybridized carbons (Fsp3) is 0.867. The van der Waals surface area contributed by atoms with E-state index in [1.165, 1.54) is 0 Å². The van der Waals surface area contributed by atoms with E-state index in [0.29, 0.717) is 39.3 Å². The molecule has 0 saturated carbocycles. The zero-order valence-electron chi connectivity index (χ0n) is 13.8. The lowest BCUT2D eigenvalue weighted by molar-refractivity contribution is -0.145. The minimum atomic E-state index is -0.177. The van der Waals surface area contributed by atoms with Gasteiger partial charge in [0.05, 0.1) is 39.3 Å². The van der Waals surface area contributed by atoms with Crippen LogP contribution < -0.4 is 0 Å². The summed E-state index contributed by atoms with van der Waals surface area (Å²) in [7, 11) is 3.13. The van der Waals surface area contributed by atoms with Crippen molar-refractivity contribution >= 4 is 11.9 Å². The van der Waals surface area contributed by atoms with Crippen LogP contribution in [0.25, 0.3) is 0 Å². The number of esters is 2. The van der Waals surface area contributed by atoms with Crippen molar-refractivity contribution in [1.29, 1.82) is 0 Å². The highest BCUT2D eigenvalue weighted by atomic mass is 16.5. The molecule has 0 heterocycles. The van der Waals surface area contributed by atoms with Gasteiger partial charge in [-0.3, -0.25) is 9.59 Å². The number of rotatable bonds is 11. The van der Waals surface area contributed by atoms with Gasteiger partial charge >= 0.3 is 11.9 Å². The summed E-state index contributed by atoms with van der Waals surface area (Å²) in [5, 5.41) is 0. The molecule has 0 bridgehead atoms. The first kappa shape index (κ1) is 22.1. The fourth-order valence-electron chi connectivity index (χ4n) is 1.06. The molecule has 0 aliphatic carbocycles. The van der Waals surface area contributed by atoms with Crippen LogP contribution >= 0.6 is 0 Å². The van der Waals surface area contributed by atoms with Gasteiger partial charge in [0.15, 0.2) is 0 Å². The van der Waals surface area contributed by atoms with E-state index < -0.39 is 0 Å². The number of carbonyl (C=O) groups is 2. The second-order valence-electron chi connectivity index (χ2n) is 4.28. The van der Waals surface area contributed by atoms with Gasteiger partial charge in [0.25, 0.3) is 0 Å². The third-order valence-corrected chi connectivity index (χ3v) is 2.25. The molecule has 0 N–H and O–H groups in total. The maximum absolute atomic E-state index is 10.8. The van der Waals surface area contributed by atoms with Gasteiger partial charge in [-0.25, -0.2) is 0 Å². The van der Waals surface area contributed by atoms with Crippen LogP contribution in [0.2, 0.25) is 0 Å². The first-order valence-corrected chi connectivity index (χ1v) is 7.41. The standard InChI is InChI=1S/C8H16O3.C7H14O3/c1-3-4-6-11-8(9)5-7-10-2;1-3-5-10-7(8)4-6-9-2/h3-7H2,1-2H3;3-6H2,1-2H3. The van der Waals surface area contributed by atoms with E-state index in [4.69, 9.17) is 18.9 Å². The molecule has 6 nitrogen and oxygen atoms in total. The summed E-state index contributed by atoms with van der Waals surface area (Å²) < 4.78 is 19.0. The number of unbranched alkanes of at least 4 members (excludes halogenated alkanes) is 1. The molecule has 0 rings (SSSR count). The number of methoxy groups -OCH3 is 2. The van der Waals surface area contributed by atoms with Gasteiger partial charge in [0.1, 0.15) is 0 Å². The smallest absolute Gasteiger partial charge is 0.308 e. The first-order chi connectivity index (χ1) is 10.1. The van der Waals surface area contributed by atoms with Gasteiger partial charge in [-0.1, -0.05) is 20.3 Å². The van der Waals surface area contributed by atoms with Crippen molar-refractivity contribution in [3.05, 3.63) is 0 Å². The summed E-state index contributed by atoms with van der Waals surface area (Å²) in [6.07, 6.45) is 3.59. The van der Waals surface area contributed by atoms with Crippen molar-refractivity contribution in [2.45, 2.75) is 46.0 Å². The van der Waals surface area contributed by atoms with Crippen LogP contribution in [0.1, 0.15) is 46.0 Å². The van der Waals surface area contributed by atoms with Crippen LogP contribution in [0.15, 0.2) is 0 Å². The average Bonchev–Trinajstić information content (AvgIpc) is 2.49. The number of hydrogen-bond acceptors (Lipinski definition) is 6. The topological polar surface area (TPSA) is 71.1 Å². The van der Waals surface area contributed by atoms with E-state index in [1.54, 1.807) is 14.2 Å². The molecule has 21 heavy (non-hydrogen) atoms. The lowest BCUT2D eigenvalue weighted by atomic mass is 10.4. The van der Waals surface area contributed by atoms with E-state index in [1.807, 2.05) is 6.92 Å². The third kappa shape index (κ3) is 21.3. The van der Waals surface area contributed by atoms with Gasteiger partial charge in [0, 0.05) is 14.2 Å². The van der Waals surface area contributed by atoms with Crippen LogP contribution in [-0.2, 0) is 28.5 Å². The highest BCUT2D eigenvalue weighted by molar-refractivity contribution is 5.69. The Morgan fingerprint density at radius 2 is 1.19 bits per heavy atom. The van der Waals surface area contributed by atoms with Gasteiger partial charge in [-0.05, 0) is 12.8 Å². The lowest BCUT2D eigenvalue weighted by Crippen LogP contribution is -2.08. The lowest BCUT2D eigenvalue weighted by Gasteiger charge is -2.02. The molecule has 0 atom stereocenters. The van der Waals surface area contributed by atoms with Crippen LogP contribution in [0, 0.1) is 0 Å². The van der Waals surface area contributed by atoms with E-state index in [0.717, 1.165) is 19.3 Å². The molecule has 0 aromatic carbocycles. The molecule has 0 fully saturated rings. The molecule has 0 amide bonds. The Hall–Kier alpha value is -1.14. The zero-order chi connectivity index (χ0) is 16.3. The Morgan fingerprint density at radius 3 is 1.57 bits per heavy atom. The third-order valence-electron chi connectivity index (χ3n) is 2.25. The quantitative estimate of drug-likeness (QED) is 0.431. The Bertz CT molecular complexity index is 232. The summed E-state index contributed by atoms with van der Waals surface area (Å²) in [4.78, 5) is 21.4. The molecule has 0 radical (unpaired) electrons. The SMILES string of the molecule is CCCCOC(=O)CCOC.CCCOC(=O)CCOC. The van der Waals surface area contributed by atoms with Crippen molar-refractivity contribution < 1.29 is 28.5 Å². The van der Waals surface area contributed by atoms with Gasteiger partial charge < -0.3 is 18.9 Å². The summed E-state index contributed by atoms with van der Waals surface area (Å²) in [6, 6.07) is 0. The minimum Gasteiger partial charge on any atom is -0.466 e. The van der Waals surface area contributed by atoms with Gasteiger partial charge in [-0.15, -0.1) is 0 Å². The maximum atomic E-state index is 10.8. The summed E-state index contributed by atoms with van der Waals surface area (Å²) in [5.74, 6) is -0.344. The van der Waals surface area contributed by atoms with Crippen molar-refractivity contribution in [2.75, 3.05) is 40.6 Å². The van der Waals surface area contributed by atoms with Gasteiger partial charge in [0.2, 0.25) is 0 Å². The highest BCUT2D eigenvalue weighted by Gasteiger charge is 2.00. The molecule has 126 valence electrons. The Balaban J connectivity index is 0. The molecular formula is C15H30O6. The van der Waals surface area contributed by atoms with Gasteiger partial charge in [-0.2, -0.15) is 0 Å². The van der Waals surface area contributed by atoms with Crippen LogP contribution in [0.4, 0.5) is 0 Å². The minimum absolute atomic E-state index is 0.166. The van der Waals surface area contributed by atoms with Crippen LogP contribution in [0.3, 0.4) is 0 Å².